The third-order valence-corrected chi connectivity index (χ3v) is 6.04. The summed E-state index contributed by atoms with van der Waals surface area (Å²) in [7, 11) is 0. The molecule has 1 atom stereocenters. The van der Waals surface area contributed by atoms with Gasteiger partial charge in [0.2, 0.25) is 0 Å². The Hall–Kier alpha value is -0.440. The van der Waals surface area contributed by atoms with Gasteiger partial charge in [-0.25, -0.2) is 8.78 Å². The summed E-state index contributed by atoms with van der Waals surface area (Å²) in [5, 5.41) is 0. The largest absolute Gasteiger partial charge is 0.207 e. The molecule has 0 nitrogen and oxygen atoms in total. The summed E-state index contributed by atoms with van der Waals surface area (Å²) in [4.78, 5) is 0.157. The number of halogens is 3. The molecule has 0 aromatic heterocycles. The number of alkyl halides is 1. The molecule has 1 fully saturated rings. The zero-order chi connectivity index (χ0) is 15.6. The van der Waals surface area contributed by atoms with Crippen LogP contribution < -0.4 is 0 Å². The number of benzene rings is 1. The smallest absolute Gasteiger partial charge is 0.129 e. The van der Waals surface area contributed by atoms with Crippen LogP contribution in [0.5, 0.6) is 0 Å². The maximum atomic E-state index is 13.7. The fourth-order valence-corrected chi connectivity index (χ4v) is 4.29. The highest BCUT2D eigenvalue weighted by molar-refractivity contribution is 9.09. The summed E-state index contributed by atoms with van der Waals surface area (Å²) in [6.45, 7) is 6.91. The minimum atomic E-state index is -0.428. The van der Waals surface area contributed by atoms with Crippen molar-refractivity contribution >= 4 is 15.9 Å². The van der Waals surface area contributed by atoms with Crippen LogP contribution in [0.2, 0.25) is 0 Å². The molecule has 0 heterocycles. The zero-order valence-corrected chi connectivity index (χ0v) is 14.7. The Morgan fingerprint density at radius 3 is 2.10 bits per heavy atom. The second-order valence-corrected chi connectivity index (χ2v) is 8.57. The lowest BCUT2D eigenvalue weighted by atomic mass is 9.69. The maximum absolute atomic E-state index is 13.7. The molecule has 1 unspecified atom stereocenters. The normalized spacial score (nSPS) is 24.9. The van der Waals surface area contributed by atoms with Gasteiger partial charge in [-0.2, -0.15) is 0 Å². The Balaban J connectivity index is 1.95. The van der Waals surface area contributed by atoms with E-state index < -0.39 is 11.6 Å². The number of hydrogen-bond donors (Lipinski definition) is 0. The molecule has 2 rings (SSSR count). The van der Waals surface area contributed by atoms with Crippen LogP contribution in [0.4, 0.5) is 8.78 Å². The van der Waals surface area contributed by atoms with Gasteiger partial charge in [0, 0.05) is 10.4 Å². The molecule has 1 aromatic carbocycles. The van der Waals surface area contributed by atoms with E-state index in [4.69, 9.17) is 0 Å². The standard InChI is InChI=1S/C18H25BrF2/c1-18(2,3)13-9-7-12(8-10-13)15(19)11-14-16(20)5-4-6-17(14)21/h4-6,12-13,15H,7-11H2,1-3H3. The Kier molecular flexibility index (Phi) is 5.45. The lowest BCUT2D eigenvalue weighted by Gasteiger charge is -2.38. The first-order chi connectivity index (χ1) is 9.79. The van der Waals surface area contributed by atoms with Crippen molar-refractivity contribution in [1.29, 1.82) is 0 Å². The summed E-state index contributed by atoms with van der Waals surface area (Å²) in [6.07, 6.45) is 5.16. The van der Waals surface area contributed by atoms with E-state index in [1.165, 1.54) is 31.0 Å². The molecular weight excluding hydrogens is 334 g/mol. The van der Waals surface area contributed by atoms with E-state index in [9.17, 15) is 8.78 Å². The van der Waals surface area contributed by atoms with Gasteiger partial charge in [-0.1, -0.05) is 42.8 Å². The lowest BCUT2D eigenvalue weighted by molar-refractivity contribution is 0.149. The van der Waals surface area contributed by atoms with Crippen LogP contribution in [0.1, 0.15) is 52.0 Å². The van der Waals surface area contributed by atoms with Gasteiger partial charge >= 0.3 is 0 Å². The molecule has 0 spiro atoms. The molecule has 1 saturated carbocycles. The topological polar surface area (TPSA) is 0 Å². The monoisotopic (exact) mass is 358 g/mol. The molecule has 3 heteroatoms. The lowest BCUT2D eigenvalue weighted by Crippen LogP contribution is -2.29. The van der Waals surface area contributed by atoms with Crippen LogP contribution in [0.15, 0.2) is 18.2 Å². The van der Waals surface area contributed by atoms with E-state index in [-0.39, 0.29) is 10.4 Å². The summed E-state index contributed by atoms with van der Waals surface area (Å²) in [5.41, 5.74) is 0.585. The second-order valence-electron chi connectivity index (χ2n) is 7.40. The quantitative estimate of drug-likeness (QED) is 0.570. The van der Waals surface area contributed by atoms with E-state index in [1.54, 1.807) is 0 Å². The summed E-state index contributed by atoms with van der Waals surface area (Å²) in [6, 6.07) is 4.11. The summed E-state index contributed by atoms with van der Waals surface area (Å²) in [5.74, 6) is 0.423. The Morgan fingerprint density at radius 1 is 1.10 bits per heavy atom. The fourth-order valence-electron chi connectivity index (χ4n) is 3.44. The van der Waals surface area contributed by atoms with Crippen LogP contribution >= 0.6 is 15.9 Å². The van der Waals surface area contributed by atoms with Crippen molar-refractivity contribution in [3.63, 3.8) is 0 Å². The van der Waals surface area contributed by atoms with Crippen LogP contribution in [0.25, 0.3) is 0 Å². The number of hydrogen-bond acceptors (Lipinski definition) is 0. The molecule has 1 aliphatic rings. The molecule has 1 aromatic rings. The molecule has 0 radical (unpaired) electrons. The van der Waals surface area contributed by atoms with Crippen LogP contribution in [0, 0.1) is 28.9 Å². The van der Waals surface area contributed by atoms with Crippen LogP contribution in [0.3, 0.4) is 0 Å². The average Bonchev–Trinajstić information content (AvgIpc) is 2.42. The van der Waals surface area contributed by atoms with Crippen LogP contribution in [-0.4, -0.2) is 4.83 Å². The van der Waals surface area contributed by atoms with Gasteiger partial charge in [-0.15, -0.1) is 0 Å². The summed E-state index contributed by atoms with van der Waals surface area (Å²) < 4.78 is 27.5. The van der Waals surface area contributed by atoms with Crippen molar-refractivity contribution < 1.29 is 8.78 Å². The fraction of sp³-hybridized carbons (Fsp3) is 0.667. The second kappa shape index (κ2) is 6.76. The Labute approximate surface area is 135 Å². The highest BCUT2D eigenvalue weighted by atomic mass is 79.9. The van der Waals surface area contributed by atoms with Gasteiger partial charge in [0.1, 0.15) is 11.6 Å². The SMILES string of the molecule is CC(C)(C)C1CCC(C(Br)Cc2c(F)cccc2F)CC1. The third kappa shape index (κ3) is 4.28. The van der Waals surface area contributed by atoms with Gasteiger partial charge in [0.15, 0.2) is 0 Å². The van der Waals surface area contributed by atoms with E-state index in [1.807, 2.05) is 0 Å². The molecule has 0 bridgehead atoms. The predicted molar refractivity (Wildman–Crippen MR) is 87.7 cm³/mol. The predicted octanol–water partition coefficient (Wildman–Crippen LogP) is 6.12. The van der Waals surface area contributed by atoms with Crippen molar-refractivity contribution in [3.05, 3.63) is 35.4 Å². The van der Waals surface area contributed by atoms with Crippen molar-refractivity contribution in [3.8, 4) is 0 Å². The highest BCUT2D eigenvalue weighted by Gasteiger charge is 2.32. The van der Waals surface area contributed by atoms with E-state index in [0.29, 0.717) is 17.8 Å². The van der Waals surface area contributed by atoms with Gasteiger partial charge in [-0.05, 0) is 61.5 Å². The molecule has 0 saturated heterocycles. The van der Waals surface area contributed by atoms with Crippen molar-refractivity contribution in [2.75, 3.05) is 0 Å². The van der Waals surface area contributed by atoms with Gasteiger partial charge in [0.05, 0.1) is 0 Å². The number of rotatable bonds is 3. The van der Waals surface area contributed by atoms with E-state index in [2.05, 4.69) is 36.7 Å². The van der Waals surface area contributed by atoms with Gasteiger partial charge < -0.3 is 0 Å². The minimum absolute atomic E-state index is 0.157. The minimum Gasteiger partial charge on any atom is -0.207 e. The first-order valence-corrected chi connectivity index (χ1v) is 8.77. The first kappa shape index (κ1) is 16.9. The zero-order valence-electron chi connectivity index (χ0n) is 13.1. The van der Waals surface area contributed by atoms with Gasteiger partial charge in [-0.3, -0.25) is 0 Å². The summed E-state index contributed by atoms with van der Waals surface area (Å²) >= 11 is 3.68. The molecule has 118 valence electrons. The average molecular weight is 359 g/mol. The van der Waals surface area contributed by atoms with Crippen molar-refractivity contribution in [1.82, 2.24) is 0 Å². The maximum Gasteiger partial charge on any atom is 0.129 e. The highest BCUT2D eigenvalue weighted by Crippen LogP contribution is 2.42. The molecule has 21 heavy (non-hydrogen) atoms. The Bertz CT molecular complexity index is 450. The van der Waals surface area contributed by atoms with Crippen molar-refractivity contribution in [2.24, 2.45) is 17.3 Å². The molecule has 0 aliphatic heterocycles. The van der Waals surface area contributed by atoms with Gasteiger partial charge in [0.25, 0.3) is 0 Å². The van der Waals surface area contributed by atoms with E-state index in [0.717, 1.165) is 18.8 Å². The molecule has 0 amide bonds. The first-order valence-electron chi connectivity index (χ1n) is 7.86. The van der Waals surface area contributed by atoms with Crippen LogP contribution in [-0.2, 0) is 6.42 Å². The van der Waals surface area contributed by atoms with Crippen molar-refractivity contribution in [2.45, 2.75) is 57.7 Å². The molecule has 0 N–H and O–H groups in total. The molecule has 1 aliphatic carbocycles. The Morgan fingerprint density at radius 2 is 1.62 bits per heavy atom. The van der Waals surface area contributed by atoms with E-state index >= 15 is 0 Å². The molecular formula is C18H25BrF2. The third-order valence-electron chi connectivity index (χ3n) is 4.97.